The smallest absolute Gasteiger partial charge is 0.332 e. The first-order valence-electron chi connectivity index (χ1n) is 5.41. The van der Waals surface area contributed by atoms with Gasteiger partial charge in [0.15, 0.2) is 0 Å². The summed E-state index contributed by atoms with van der Waals surface area (Å²) in [5.74, 6) is 0.391. The number of nitrogens with two attached hydrogens (primary N) is 1. The Balaban J connectivity index is 1.97. The van der Waals surface area contributed by atoms with Gasteiger partial charge in [-0.1, -0.05) is 24.3 Å². The molecule has 0 aromatic heterocycles. The first-order valence-corrected chi connectivity index (χ1v) is 5.41. The Morgan fingerprint density at radius 2 is 2.19 bits per heavy atom. The summed E-state index contributed by atoms with van der Waals surface area (Å²) in [6.45, 7) is 0. The molecular weight excluding hydrogens is 202 g/mol. The molecule has 4 nitrogen and oxygen atoms in total. The summed E-state index contributed by atoms with van der Waals surface area (Å²) in [7, 11) is 0. The summed E-state index contributed by atoms with van der Waals surface area (Å²) < 4.78 is 0. The SMILES string of the molecule is NC(=O)N/N=C\[C@H]1CCc2ccccc2C1. The van der Waals surface area contributed by atoms with Crippen LogP contribution in [0.2, 0.25) is 0 Å². The minimum absolute atomic E-state index is 0.391. The molecule has 4 heteroatoms. The van der Waals surface area contributed by atoms with Crippen molar-refractivity contribution in [1.29, 1.82) is 0 Å². The predicted molar refractivity (Wildman–Crippen MR) is 63.2 cm³/mol. The van der Waals surface area contributed by atoms with Crippen molar-refractivity contribution in [2.75, 3.05) is 0 Å². The average molecular weight is 217 g/mol. The lowest BCUT2D eigenvalue weighted by Gasteiger charge is -2.21. The fraction of sp³-hybridized carbons (Fsp3) is 0.333. The molecule has 0 saturated heterocycles. The molecule has 1 aromatic rings. The van der Waals surface area contributed by atoms with E-state index in [1.165, 1.54) is 11.1 Å². The zero-order chi connectivity index (χ0) is 11.4. The minimum atomic E-state index is -0.618. The molecule has 2 amide bonds. The molecule has 0 unspecified atom stereocenters. The first-order chi connectivity index (χ1) is 7.75. The van der Waals surface area contributed by atoms with Crippen molar-refractivity contribution in [2.45, 2.75) is 19.3 Å². The van der Waals surface area contributed by atoms with E-state index in [2.05, 4.69) is 34.8 Å². The number of hydrogen-bond acceptors (Lipinski definition) is 2. The molecule has 0 spiro atoms. The number of rotatable bonds is 2. The zero-order valence-electron chi connectivity index (χ0n) is 9.02. The number of hydrogen-bond donors (Lipinski definition) is 2. The van der Waals surface area contributed by atoms with E-state index < -0.39 is 6.03 Å². The summed E-state index contributed by atoms with van der Waals surface area (Å²) in [6.07, 6.45) is 4.91. The Hall–Kier alpha value is -1.84. The Bertz CT molecular complexity index is 414. The number of aryl methyl sites for hydroxylation is 1. The molecule has 16 heavy (non-hydrogen) atoms. The summed E-state index contributed by atoms with van der Waals surface area (Å²) in [6, 6.07) is 7.83. The molecule has 1 atom stereocenters. The molecule has 0 saturated carbocycles. The van der Waals surface area contributed by atoms with Gasteiger partial charge in [-0.15, -0.1) is 0 Å². The highest BCUT2D eigenvalue weighted by atomic mass is 16.2. The summed E-state index contributed by atoms with van der Waals surface area (Å²) >= 11 is 0. The second-order valence-electron chi connectivity index (χ2n) is 4.03. The van der Waals surface area contributed by atoms with Crippen LogP contribution >= 0.6 is 0 Å². The number of nitrogens with one attached hydrogen (secondary N) is 1. The molecular formula is C12H15N3O. The zero-order valence-corrected chi connectivity index (χ0v) is 9.02. The van der Waals surface area contributed by atoms with E-state index in [-0.39, 0.29) is 0 Å². The number of amides is 2. The Morgan fingerprint density at radius 1 is 1.44 bits per heavy atom. The molecule has 1 aliphatic rings. The van der Waals surface area contributed by atoms with Crippen molar-refractivity contribution in [2.24, 2.45) is 16.8 Å². The van der Waals surface area contributed by atoms with Crippen molar-refractivity contribution in [3.05, 3.63) is 35.4 Å². The van der Waals surface area contributed by atoms with Crippen LogP contribution in [0.1, 0.15) is 17.5 Å². The van der Waals surface area contributed by atoms with Crippen LogP contribution in [0, 0.1) is 5.92 Å². The average Bonchev–Trinajstić information content (AvgIpc) is 2.28. The van der Waals surface area contributed by atoms with E-state index in [1.807, 2.05) is 0 Å². The predicted octanol–water partition coefficient (Wildman–Crippen LogP) is 1.45. The number of nitrogens with zero attached hydrogens (tertiary/aromatic N) is 1. The third-order valence-corrected chi connectivity index (χ3v) is 2.85. The summed E-state index contributed by atoms with van der Waals surface area (Å²) in [5, 5.41) is 3.82. The van der Waals surface area contributed by atoms with Gasteiger partial charge in [0.05, 0.1) is 0 Å². The molecule has 1 aromatic carbocycles. The maximum absolute atomic E-state index is 10.4. The first kappa shape index (κ1) is 10.7. The van der Waals surface area contributed by atoms with Crippen LogP contribution in [-0.2, 0) is 12.8 Å². The molecule has 84 valence electrons. The summed E-state index contributed by atoms with van der Waals surface area (Å²) in [5.41, 5.74) is 9.95. The fourth-order valence-electron chi connectivity index (χ4n) is 2.06. The van der Waals surface area contributed by atoms with E-state index in [0.717, 1.165) is 19.3 Å². The maximum Gasteiger partial charge on any atom is 0.332 e. The highest BCUT2D eigenvalue weighted by Gasteiger charge is 2.16. The van der Waals surface area contributed by atoms with Gasteiger partial charge in [-0.25, -0.2) is 10.2 Å². The molecule has 1 aliphatic carbocycles. The Morgan fingerprint density at radius 3 is 2.94 bits per heavy atom. The van der Waals surface area contributed by atoms with E-state index >= 15 is 0 Å². The van der Waals surface area contributed by atoms with Gasteiger partial charge in [0.2, 0.25) is 0 Å². The minimum Gasteiger partial charge on any atom is -0.350 e. The van der Waals surface area contributed by atoms with Crippen molar-refractivity contribution >= 4 is 12.2 Å². The Kier molecular flexibility index (Phi) is 3.19. The normalized spacial score (nSPS) is 19.4. The lowest BCUT2D eigenvalue weighted by Crippen LogP contribution is -2.25. The van der Waals surface area contributed by atoms with E-state index in [4.69, 9.17) is 5.73 Å². The monoisotopic (exact) mass is 217 g/mol. The third kappa shape index (κ3) is 2.59. The number of urea groups is 1. The van der Waals surface area contributed by atoms with Crippen LogP contribution in [-0.4, -0.2) is 12.2 Å². The van der Waals surface area contributed by atoms with Crippen molar-refractivity contribution < 1.29 is 4.79 Å². The lowest BCUT2D eigenvalue weighted by atomic mass is 9.85. The van der Waals surface area contributed by atoms with Crippen LogP contribution in [0.25, 0.3) is 0 Å². The standard InChI is InChI=1S/C12H15N3O/c13-12(16)15-14-8-9-5-6-10-3-1-2-4-11(10)7-9/h1-4,8-9H,5-7H2,(H3,13,15,16)/b14-8-/t9-/m0/s1. The Labute approximate surface area is 94.5 Å². The topological polar surface area (TPSA) is 67.5 Å². The molecule has 0 bridgehead atoms. The highest BCUT2D eigenvalue weighted by Crippen LogP contribution is 2.23. The number of primary amides is 1. The quantitative estimate of drug-likeness (QED) is 0.571. The molecule has 3 N–H and O–H groups in total. The van der Waals surface area contributed by atoms with Gasteiger partial charge in [0.1, 0.15) is 0 Å². The molecule has 0 fully saturated rings. The highest BCUT2D eigenvalue weighted by molar-refractivity contribution is 5.73. The molecule has 0 heterocycles. The van der Waals surface area contributed by atoms with Crippen LogP contribution in [0.4, 0.5) is 4.79 Å². The van der Waals surface area contributed by atoms with Crippen LogP contribution in [0.5, 0.6) is 0 Å². The number of carbonyl (C=O) groups excluding carboxylic acids is 1. The van der Waals surface area contributed by atoms with Crippen molar-refractivity contribution in [1.82, 2.24) is 5.43 Å². The number of fused-ring (bicyclic) bond motifs is 1. The molecule has 0 aliphatic heterocycles. The van der Waals surface area contributed by atoms with Gasteiger partial charge in [0.25, 0.3) is 0 Å². The van der Waals surface area contributed by atoms with Gasteiger partial charge in [-0.05, 0) is 30.4 Å². The van der Waals surface area contributed by atoms with Gasteiger partial charge in [-0.3, -0.25) is 0 Å². The number of carbonyl (C=O) groups is 1. The molecule has 2 rings (SSSR count). The second-order valence-corrected chi connectivity index (χ2v) is 4.03. The maximum atomic E-state index is 10.4. The largest absolute Gasteiger partial charge is 0.350 e. The lowest BCUT2D eigenvalue weighted by molar-refractivity contribution is 0.249. The molecule has 0 radical (unpaired) electrons. The van der Waals surface area contributed by atoms with E-state index in [9.17, 15) is 4.79 Å². The van der Waals surface area contributed by atoms with Crippen LogP contribution < -0.4 is 11.2 Å². The van der Waals surface area contributed by atoms with Gasteiger partial charge in [-0.2, -0.15) is 5.10 Å². The summed E-state index contributed by atoms with van der Waals surface area (Å²) in [4.78, 5) is 10.4. The number of hydrazone groups is 1. The number of benzene rings is 1. The van der Waals surface area contributed by atoms with Gasteiger partial charge >= 0.3 is 6.03 Å². The van der Waals surface area contributed by atoms with E-state index in [0.29, 0.717) is 5.92 Å². The third-order valence-electron chi connectivity index (χ3n) is 2.85. The van der Waals surface area contributed by atoms with Crippen molar-refractivity contribution in [3.8, 4) is 0 Å². The van der Waals surface area contributed by atoms with Gasteiger partial charge in [0, 0.05) is 12.1 Å². The van der Waals surface area contributed by atoms with Crippen molar-refractivity contribution in [3.63, 3.8) is 0 Å². The van der Waals surface area contributed by atoms with Gasteiger partial charge < -0.3 is 5.73 Å². The van der Waals surface area contributed by atoms with E-state index in [1.54, 1.807) is 6.21 Å². The van der Waals surface area contributed by atoms with Crippen LogP contribution in [0.3, 0.4) is 0 Å². The fourth-order valence-corrected chi connectivity index (χ4v) is 2.06. The second kappa shape index (κ2) is 4.79. The van der Waals surface area contributed by atoms with Crippen LogP contribution in [0.15, 0.2) is 29.4 Å².